The van der Waals surface area contributed by atoms with Crippen molar-refractivity contribution in [2.75, 3.05) is 5.32 Å². The minimum atomic E-state index is -0.444. The summed E-state index contributed by atoms with van der Waals surface area (Å²) in [5.41, 5.74) is 6.25. The fraction of sp³-hybridized carbons (Fsp3) is 0.0417. The van der Waals surface area contributed by atoms with Gasteiger partial charge < -0.3 is 10.3 Å². The number of hydrogen-bond donors (Lipinski definition) is 2. The molecular weight excluding hydrogens is 360 g/mol. The lowest BCUT2D eigenvalue weighted by molar-refractivity contribution is -0.115. The lowest BCUT2D eigenvalue weighted by Gasteiger charge is -2.14. The smallest absolute Gasteiger partial charge is 0.238 e. The molecule has 5 nitrogen and oxygen atoms in total. The topological polar surface area (TPSA) is 70.1 Å². The lowest BCUT2D eigenvalue weighted by Crippen LogP contribution is -2.21. The van der Waals surface area contributed by atoms with Crippen molar-refractivity contribution in [1.82, 2.24) is 9.97 Å². The number of amides is 1. The third-order valence-electron chi connectivity index (χ3n) is 5.06. The molecular formula is C24H18N4O. The van der Waals surface area contributed by atoms with Crippen LogP contribution in [0.5, 0.6) is 0 Å². The summed E-state index contributed by atoms with van der Waals surface area (Å²) >= 11 is 0. The number of carbonyl (C=O) groups is 1. The first-order chi connectivity index (χ1) is 14.3. The van der Waals surface area contributed by atoms with E-state index < -0.39 is 5.92 Å². The quantitative estimate of drug-likeness (QED) is 0.494. The van der Waals surface area contributed by atoms with Gasteiger partial charge in [0.1, 0.15) is 5.92 Å². The van der Waals surface area contributed by atoms with Crippen LogP contribution in [-0.4, -0.2) is 21.6 Å². The molecule has 5 heteroatoms. The maximum absolute atomic E-state index is 12.8. The van der Waals surface area contributed by atoms with Crippen molar-refractivity contribution in [3.8, 4) is 11.3 Å². The minimum Gasteiger partial charge on any atom is -0.345 e. The molecule has 1 aliphatic heterocycles. The van der Waals surface area contributed by atoms with Crippen LogP contribution in [0.1, 0.15) is 17.0 Å². The van der Waals surface area contributed by atoms with Crippen LogP contribution in [0.15, 0.2) is 96.4 Å². The summed E-state index contributed by atoms with van der Waals surface area (Å²) in [5, 5.41) is 2.98. The van der Waals surface area contributed by atoms with Gasteiger partial charge in [0.15, 0.2) is 0 Å². The fourth-order valence-electron chi connectivity index (χ4n) is 3.65. The average molecular weight is 378 g/mol. The molecule has 3 aromatic carbocycles. The molecule has 1 atom stereocenters. The number of imidazole rings is 1. The van der Waals surface area contributed by atoms with Gasteiger partial charge in [0.2, 0.25) is 5.91 Å². The number of aromatic nitrogens is 2. The van der Waals surface area contributed by atoms with E-state index in [0.717, 1.165) is 39.5 Å². The van der Waals surface area contributed by atoms with E-state index in [1.165, 1.54) is 0 Å². The van der Waals surface area contributed by atoms with Gasteiger partial charge in [-0.2, -0.15) is 0 Å². The Morgan fingerprint density at radius 3 is 2.41 bits per heavy atom. The van der Waals surface area contributed by atoms with Crippen LogP contribution in [-0.2, 0) is 4.79 Å². The molecule has 140 valence electrons. The van der Waals surface area contributed by atoms with E-state index in [1.807, 2.05) is 78.9 Å². The molecule has 0 aliphatic carbocycles. The second-order valence-electron chi connectivity index (χ2n) is 6.88. The number of nitrogens with zero attached hydrogens (tertiary/aromatic N) is 2. The van der Waals surface area contributed by atoms with Gasteiger partial charge in [0.25, 0.3) is 0 Å². The molecule has 0 saturated heterocycles. The number of fused-ring (bicyclic) bond motifs is 1. The highest BCUT2D eigenvalue weighted by molar-refractivity contribution is 6.24. The first kappa shape index (κ1) is 17.1. The molecule has 0 spiro atoms. The van der Waals surface area contributed by atoms with E-state index in [1.54, 1.807) is 12.5 Å². The van der Waals surface area contributed by atoms with Crippen molar-refractivity contribution >= 4 is 23.0 Å². The van der Waals surface area contributed by atoms with Crippen LogP contribution in [0.3, 0.4) is 0 Å². The average Bonchev–Trinajstić information content (AvgIpc) is 3.41. The Labute approximate surface area is 168 Å². The third-order valence-corrected chi connectivity index (χ3v) is 5.06. The van der Waals surface area contributed by atoms with Gasteiger partial charge in [0, 0.05) is 5.69 Å². The number of para-hydroxylation sites is 1. The first-order valence-corrected chi connectivity index (χ1v) is 9.42. The van der Waals surface area contributed by atoms with Crippen LogP contribution < -0.4 is 5.32 Å². The van der Waals surface area contributed by atoms with Gasteiger partial charge in [0.05, 0.1) is 29.6 Å². The number of benzene rings is 3. The molecule has 1 aliphatic rings. The van der Waals surface area contributed by atoms with Gasteiger partial charge in [-0.25, -0.2) is 4.98 Å². The molecule has 5 rings (SSSR count). The van der Waals surface area contributed by atoms with E-state index >= 15 is 0 Å². The number of aliphatic imine (C=N–C) groups is 1. The summed E-state index contributed by atoms with van der Waals surface area (Å²) < 4.78 is 0. The highest BCUT2D eigenvalue weighted by Crippen LogP contribution is 2.36. The van der Waals surface area contributed by atoms with Crippen molar-refractivity contribution < 1.29 is 4.79 Å². The Bertz CT molecular complexity index is 1180. The second kappa shape index (κ2) is 7.20. The predicted octanol–water partition coefficient (Wildman–Crippen LogP) is 4.93. The summed E-state index contributed by atoms with van der Waals surface area (Å²) in [6.07, 6.45) is 3.44. The van der Waals surface area contributed by atoms with Crippen LogP contribution in [0.4, 0.5) is 11.4 Å². The molecule has 0 fully saturated rings. The number of aromatic amines is 1. The van der Waals surface area contributed by atoms with Crippen molar-refractivity contribution in [3.05, 3.63) is 103 Å². The Morgan fingerprint density at radius 2 is 1.66 bits per heavy atom. The largest absolute Gasteiger partial charge is 0.345 e. The molecule has 0 bridgehead atoms. The zero-order chi connectivity index (χ0) is 19.6. The number of H-pyrrole nitrogens is 1. The number of carbonyl (C=O) groups excluding carboxylic acids is 1. The third kappa shape index (κ3) is 3.23. The molecule has 29 heavy (non-hydrogen) atoms. The second-order valence-corrected chi connectivity index (χ2v) is 6.88. The van der Waals surface area contributed by atoms with Crippen molar-refractivity contribution in [1.29, 1.82) is 0 Å². The maximum atomic E-state index is 12.8. The van der Waals surface area contributed by atoms with Crippen LogP contribution in [0, 0.1) is 0 Å². The van der Waals surface area contributed by atoms with E-state index in [2.05, 4.69) is 15.3 Å². The van der Waals surface area contributed by atoms with Crippen molar-refractivity contribution in [2.24, 2.45) is 4.99 Å². The number of rotatable bonds is 4. The Kier molecular flexibility index (Phi) is 4.26. The molecule has 1 unspecified atom stereocenters. The fourth-order valence-corrected chi connectivity index (χ4v) is 3.65. The summed E-state index contributed by atoms with van der Waals surface area (Å²) in [5.74, 6) is -0.497. The summed E-state index contributed by atoms with van der Waals surface area (Å²) in [6.45, 7) is 0. The number of anilines is 1. The van der Waals surface area contributed by atoms with E-state index in [0.29, 0.717) is 0 Å². The van der Waals surface area contributed by atoms with Crippen molar-refractivity contribution in [3.63, 3.8) is 0 Å². The summed E-state index contributed by atoms with van der Waals surface area (Å²) in [6, 6.07) is 25.6. The number of nitrogens with one attached hydrogen (secondary N) is 2. The van der Waals surface area contributed by atoms with Crippen LogP contribution in [0.25, 0.3) is 11.3 Å². The van der Waals surface area contributed by atoms with E-state index in [4.69, 9.17) is 4.99 Å². The monoisotopic (exact) mass is 378 g/mol. The van der Waals surface area contributed by atoms with Gasteiger partial charge in [-0.05, 0) is 34.9 Å². The van der Waals surface area contributed by atoms with E-state index in [9.17, 15) is 4.79 Å². The van der Waals surface area contributed by atoms with Gasteiger partial charge in [-0.3, -0.25) is 9.79 Å². The Morgan fingerprint density at radius 1 is 0.897 bits per heavy atom. The molecule has 1 amide bonds. The zero-order valence-corrected chi connectivity index (χ0v) is 15.5. The molecule has 0 saturated carbocycles. The summed E-state index contributed by atoms with van der Waals surface area (Å²) in [7, 11) is 0. The highest BCUT2D eigenvalue weighted by atomic mass is 16.2. The first-order valence-electron chi connectivity index (χ1n) is 9.42. The predicted molar refractivity (Wildman–Crippen MR) is 114 cm³/mol. The maximum Gasteiger partial charge on any atom is 0.238 e. The molecule has 4 aromatic rings. The van der Waals surface area contributed by atoms with E-state index in [-0.39, 0.29) is 5.91 Å². The van der Waals surface area contributed by atoms with Gasteiger partial charge >= 0.3 is 0 Å². The Balaban J connectivity index is 1.59. The minimum absolute atomic E-state index is 0.0529. The molecule has 2 heterocycles. The normalized spacial score (nSPS) is 15.8. The molecule has 2 N–H and O–H groups in total. The molecule has 1 aromatic heterocycles. The van der Waals surface area contributed by atoms with Gasteiger partial charge in [-0.1, -0.05) is 60.7 Å². The number of hydrogen-bond acceptors (Lipinski definition) is 3. The van der Waals surface area contributed by atoms with Crippen LogP contribution >= 0.6 is 0 Å². The lowest BCUT2D eigenvalue weighted by atomic mass is 9.90. The van der Waals surface area contributed by atoms with Crippen molar-refractivity contribution in [2.45, 2.75) is 5.92 Å². The van der Waals surface area contributed by atoms with Gasteiger partial charge in [-0.15, -0.1) is 0 Å². The highest BCUT2D eigenvalue weighted by Gasteiger charge is 2.35. The summed E-state index contributed by atoms with van der Waals surface area (Å²) in [4.78, 5) is 24.9. The SMILES string of the molecule is O=C1Nc2ccccc2C1C(=Nc1ccc(-c2cnc[nH]2)cc1)c1ccccc1. The Hall–Kier alpha value is -3.99. The molecule has 0 radical (unpaired) electrons. The van der Waals surface area contributed by atoms with Crippen LogP contribution in [0.2, 0.25) is 0 Å². The zero-order valence-electron chi connectivity index (χ0n) is 15.5. The standard InChI is InChI=1S/C24H18N4O/c29-24-22(19-8-4-5-9-20(19)28-24)23(17-6-2-1-3-7-17)27-18-12-10-16(11-13-18)21-14-25-15-26-21/h1-15,22H,(H,25,26)(H,28,29).